The Kier molecular flexibility index (Phi) is 5.06. The van der Waals surface area contributed by atoms with Gasteiger partial charge < -0.3 is 9.84 Å². The van der Waals surface area contributed by atoms with Gasteiger partial charge in [0.2, 0.25) is 0 Å². The summed E-state index contributed by atoms with van der Waals surface area (Å²) in [7, 11) is 0. The highest BCUT2D eigenvalue weighted by Crippen LogP contribution is 2.29. The highest BCUT2D eigenvalue weighted by Gasteiger charge is 2.31. The summed E-state index contributed by atoms with van der Waals surface area (Å²) in [4.78, 5) is 0. The maximum atomic E-state index is 13.2. The number of halogens is 5. The number of alkyl halides is 3. The van der Waals surface area contributed by atoms with Gasteiger partial charge in [-0.2, -0.15) is 5.10 Å². The van der Waals surface area contributed by atoms with Crippen molar-refractivity contribution >= 4 is 22.5 Å². The molecule has 1 heterocycles. The Morgan fingerprint density at radius 1 is 1.15 bits per heavy atom. The highest BCUT2D eigenvalue weighted by atomic mass is 35.5. The lowest BCUT2D eigenvalue weighted by atomic mass is 10.1. The molecule has 4 nitrogen and oxygen atoms in total. The molecule has 1 aromatic heterocycles. The van der Waals surface area contributed by atoms with Crippen LogP contribution in [0.1, 0.15) is 11.3 Å². The van der Waals surface area contributed by atoms with Gasteiger partial charge >= 0.3 is 6.36 Å². The zero-order valence-electron chi connectivity index (χ0n) is 13.2. The van der Waals surface area contributed by atoms with E-state index >= 15 is 0 Å². The minimum Gasteiger partial charge on any atom is -0.406 e. The van der Waals surface area contributed by atoms with Crippen LogP contribution in [0.3, 0.4) is 0 Å². The number of aromatic nitrogens is 2. The molecule has 0 aliphatic carbocycles. The number of benzene rings is 2. The lowest BCUT2D eigenvalue weighted by molar-refractivity contribution is -0.274. The van der Waals surface area contributed by atoms with E-state index in [0.29, 0.717) is 22.2 Å². The monoisotopic (exact) mass is 388 g/mol. The van der Waals surface area contributed by atoms with Crippen LogP contribution < -0.4 is 4.74 Å². The molecule has 1 N–H and O–H groups in total. The first-order valence-electron chi connectivity index (χ1n) is 7.57. The predicted octanol–water partition coefficient (Wildman–Crippen LogP) is 4.31. The van der Waals surface area contributed by atoms with Crippen LogP contribution >= 0.6 is 11.6 Å². The van der Waals surface area contributed by atoms with Gasteiger partial charge in [0.25, 0.3) is 0 Å². The molecular weight excluding hydrogens is 376 g/mol. The Morgan fingerprint density at radius 3 is 2.58 bits per heavy atom. The Morgan fingerprint density at radius 2 is 1.92 bits per heavy atom. The molecule has 0 atom stereocenters. The second kappa shape index (κ2) is 7.13. The summed E-state index contributed by atoms with van der Waals surface area (Å²) in [6.07, 6.45) is -4.58. The molecule has 0 saturated heterocycles. The van der Waals surface area contributed by atoms with Gasteiger partial charge in [0.05, 0.1) is 17.8 Å². The summed E-state index contributed by atoms with van der Waals surface area (Å²) >= 11 is 6.02. The van der Waals surface area contributed by atoms with E-state index in [1.807, 2.05) is 0 Å². The van der Waals surface area contributed by atoms with Crippen molar-refractivity contribution in [2.45, 2.75) is 19.3 Å². The summed E-state index contributed by atoms with van der Waals surface area (Å²) < 4.78 is 56.0. The highest BCUT2D eigenvalue weighted by molar-refractivity contribution is 6.31. The zero-order valence-corrected chi connectivity index (χ0v) is 14.0. The quantitative estimate of drug-likeness (QED) is 0.662. The molecule has 138 valence electrons. The molecule has 26 heavy (non-hydrogen) atoms. The van der Waals surface area contributed by atoms with Crippen molar-refractivity contribution in [1.82, 2.24) is 9.78 Å². The van der Waals surface area contributed by atoms with E-state index in [2.05, 4.69) is 9.84 Å². The molecule has 0 fully saturated rings. The largest absolute Gasteiger partial charge is 0.573 e. The van der Waals surface area contributed by atoms with Crippen LogP contribution in [0.25, 0.3) is 10.9 Å². The van der Waals surface area contributed by atoms with Crippen molar-refractivity contribution in [1.29, 1.82) is 0 Å². The van der Waals surface area contributed by atoms with E-state index in [4.69, 9.17) is 11.6 Å². The molecule has 0 bridgehead atoms. The van der Waals surface area contributed by atoms with Gasteiger partial charge in [-0.3, -0.25) is 4.68 Å². The van der Waals surface area contributed by atoms with Crippen LogP contribution in [-0.4, -0.2) is 27.9 Å². The fourth-order valence-electron chi connectivity index (χ4n) is 2.64. The molecule has 0 spiro atoms. The Balaban J connectivity index is 2.05. The summed E-state index contributed by atoms with van der Waals surface area (Å²) in [5.74, 6) is -0.877. The number of hydrogen-bond donors (Lipinski definition) is 1. The summed E-state index contributed by atoms with van der Waals surface area (Å²) in [6.45, 7) is -0.0409. The van der Waals surface area contributed by atoms with Crippen LogP contribution in [0.15, 0.2) is 36.4 Å². The first kappa shape index (κ1) is 18.5. The van der Waals surface area contributed by atoms with Crippen molar-refractivity contribution < 1.29 is 27.4 Å². The third-order valence-corrected chi connectivity index (χ3v) is 4.07. The van der Waals surface area contributed by atoms with E-state index in [-0.39, 0.29) is 30.3 Å². The van der Waals surface area contributed by atoms with Crippen LogP contribution in [0.2, 0.25) is 5.02 Å². The Bertz CT molecular complexity index is 940. The van der Waals surface area contributed by atoms with Crippen LogP contribution in [0, 0.1) is 5.82 Å². The predicted molar refractivity (Wildman–Crippen MR) is 87.7 cm³/mol. The normalized spacial score (nSPS) is 11.9. The maximum Gasteiger partial charge on any atom is 0.573 e. The Hall–Kier alpha value is -2.32. The first-order chi connectivity index (χ1) is 12.3. The molecule has 3 aromatic rings. The summed E-state index contributed by atoms with van der Waals surface area (Å²) in [5.41, 5.74) is 1.46. The summed E-state index contributed by atoms with van der Waals surface area (Å²) in [6, 6.07) is 7.72. The molecule has 0 radical (unpaired) electrons. The van der Waals surface area contributed by atoms with Crippen molar-refractivity contribution in [2.24, 2.45) is 0 Å². The molecule has 9 heteroatoms. The van der Waals surface area contributed by atoms with E-state index in [1.165, 1.54) is 35.0 Å². The number of fused-ring (bicyclic) bond motifs is 1. The number of hydrogen-bond acceptors (Lipinski definition) is 3. The van der Waals surface area contributed by atoms with Crippen molar-refractivity contribution in [2.75, 3.05) is 6.61 Å². The lowest BCUT2D eigenvalue weighted by Crippen LogP contribution is -2.17. The van der Waals surface area contributed by atoms with Gasteiger partial charge in [0.1, 0.15) is 11.6 Å². The van der Waals surface area contributed by atoms with Gasteiger partial charge in [0, 0.05) is 29.5 Å². The molecular formula is C17H13ClF4N2O2. The van der Waals surface area contributed by atoms with Crippen LogP contribution in [0.5, 0.6) is 5.75 Å². The molecule has 3 rings (SSSR count). The van der Waals surface area contributed by atoms with E-state index < -0.39 is 12.2 Å². The molecule has 0 unspecified atom stereocenters. The fourth-order valence-corrected chi connectivity index (χ4v) is 2.87. The van der Waals surface area contributed by atoms with Gasteiger partial charge in [-0.25, -0.2) is 4.39 Å². The van der Waals surface area contributed by atoms with Gasteiger partial charge in [-0.05, 0) is 29.8 Å². The third-order valence-electron chi connectivity index (χ3n) is 3.72. The number of nitrogens with zero attached hydrogens (tertiary/aromatic N) is 2. The van der Waals surface area contributed by atoms with Crippen molar-refractivity contribution in [3.8, 4) is 5.75 Å². The SMILES string of the molecule is OCCc1nn(Cc2ccc(F)cc2Cl)c2cc(OC(F)(F)F)ccc12. The standard InChI is InChI=1S/C17H13ClF4N2O2/c18-14-7-11(19)2-1-10(14)9-24-16-8-12(26-17(20,21)22)3-4-13(16)15(23-24)5-6-25/h1-4,7-8,25H,5-6,9H2. The first-order valence-corrected chi connectivity index (χ1v) is 7.94. The van der Waals surface area contributed by atoms with E-state index in [1.54, 1.807) is 0 Å². The number of ether oxygens (including phenoxy) is 1. The minimum atomic E-state index is -4.81. The van der Waals surface area contributed by atoms with Crippen LogP contribution in [0.4, 0.5) is 17.6 Å². The molecule has 0 saturated carbocycles. The van der Waals surface area contributed by atoms with Crippen molar-refractivity contribution in [3.63, 3.8) is 0 Å². The molecule has 0 aliphatic heterocycles. The second-order valence-electron chi connectivity index (χ2n) is 5.54. The summed E-state index contributed by atoms with van der Waals surface area (Å²) in [5, 5.41) is 14.3. The fraction of sp³-hybridized carbons (Fsp3) is 0.235. The number of aliphatic hydroxyl groups excluding tert-OH is 1. The smallest absolute Gasteiger partial charge is 0.406 e. The van der Waals surface area contributed by atoms with Gasteiger partial charge in [-0.15, -0.1) is 13.2 Å². The molecule has 0 amide bonds. The average molecular weight is 389 g/mol. The molecule has 2 aromatic carbocycles. The van der Waals surface area contributed by atoms with E-state index in [9.17, 15) is 22.7 Å². The Labute approximate surface area is 150 Å². The number of aliphatic hydroxyl groups is 1. The van der Waals surface area contributed by atoms with Crippen molar-refractivity contribution in [3.05, 3.63) is 58.5 Å². The maximum absolute atomic E-state index is 13.2. The third kappa shape index (κ3) is 4.08. The van der Waals surface area contributed by atoms with E-state index in [0.717, 1.165) is 6.07 Å². The number of rotatable bonds is 5. The minimum absolute atomic E-state index is 0.122. The lowest BCUT2D eigenvalue weighted by Gasteiger charge is -2.10. The topological polar surface area (TPSA) is 47.3 Å². The van der Waals surface area contributed by atoms with Gasteiger partial charge in [-0.1, -0.05) is 17.7 Å². The zero-order chi connectivity index (χ0) is 18.9. The van der Waals surface area contributed by atoms with Gasteiger partial charge in [0.15, 0.2) is 0 Å². The molecule has 0 aliphatic rings. The average Bonchev–Trinajstić information content (AvgIpc) is 2.86. The second-order valence-corrected chi connectivity index (χ2v) is 5.95. The van der Waals surface area contributed by atoms with Crippen LogP contribution in [-0.2, 0) is 13.0 Å².